The van der Waals surface area contributed by atoms with Gasteiger partial charge in [-0.2, -0.15) is 0 Å². The topological polar surface area (TPSA) is 23.5 Å². The predicted molar refractivity (Wildman–Crippen MR) is 78.4 cm³/mol. The van der Waals surface area contributed by atoms with Gasteiger partial charge in [0.15, 0.2) is 11.6 Å². The summed E-state index contributed by atoms with van der Waals surface area (Å²) in [5.74, 6) is -1.50. The third-order valence-electron chi connectivity index (χ3n) is 4.20. The maximum absolute atomic E-state index is 13.4. The Labute approximate surface area is 122 Å². The molecule has 2 nitrogen and oxygen atoms in total. The van der Waals surface area contributed by atoms with E-state index in [1.807, 2.05) is 35.2 Å². The molecule has 0 spiro atoms. The molecule has 0 aliphatic carbocycles. The molecule has 0 aromatic heterocycles. The molecule has 3 rings (SSSR count). The molecule has 1 aliphatic rings. The van der Waals surface area contributed by atoms with Crippen molar-refractivity contribution in [2.45, 2.75) is 18.4 Å². The average Bonchev–Trinajstić information content (AvgIpc) is 2.94. The van der Waals surface area contributed by atoms with Crippen molar-refractivity contribution in [3.63, 3.8) is 0 Å². The lowest BCUT2D eigenvalue weighted by Crippen LogP contribution is -2.35. The Bertz CT molecular complexity index is 617. The fourth-order valence-electron chi connectivity index (χ4n) is 3.15. The van der Waals surface area contributed by atoms with E-state index in [2.05, 4.69) is 0 Å². The third-order valence-corrected chi connectivity index (χ3v) is 4.20. The minimum Gasteiger partial charge on any atom is -0.394 e. The van der Waals surface area contributed by atoms with E-state index in [1.54, 1.807) is 6.07 Å². The fourth-order valence-corrected chi connectivity index (χ4v) is 3.15. The van der Waals surface area contributed by atoms with E-state index in [1.165, 1.54) is 11.6 Å². The summed E-state index contributed by atoms with van der Waals surface area (Å²) in [4.78, 5) is 1.96. The van der Waals surface area contributed by atoms with Gasteiger partial charge in [0, 0.05) is 24.2 Å². The zero-order chi connectivity index (χ0) is 14.8. The van der Waals surface area contributed by atoms with Crippen LogP contribution in [-0.4, -0.2) is 24.3 Å². The van der Waals surface area contributed by atoms with Crippen molar-refractivity contribution in [2.24, 2.45) is 0 Å². The van der Waals surface area contributed by atoms with E-state index in [9.17, 15) is 13.9 Å². The van der Waals surface area contributed by atoms with E-state index < -0.39 is 11.6 Å². The second-order valence-corrected chi connectivity index (χ2v) is 5.35. The van der Waals surface area contributed by atoms with E-state index in [-0.39, 0.29) is 18.6 Å². The summed E-state index contributed by atoms with van der Waals surface area (Å²) in [6.07, 6.45) is 0.883. The summed E-state index contributed by atoms with van der Waals surface area (Å²) in [6, 6.07) is 13.8. The van der Waals surface area contributed by atoms with Gasteiger partial charge in [-0.15, -0.1) is 0 Å². The fraction of sp³-hybridized carbons (Fsp3) is 0.294. The Morgan fingerprint density at radius 3 is 2.48 bits per heavy atom. The lowest BCUT2D eigenvalue weighted by Gasteiger charge is -2.28. The van der Waals surface area contributed by atoms with Gasteiger partial charge in [0.25, 0.3) is 0 Å². The van der Waals surface area contributed by atoms with Gasteiger partial charge in [0.1, 0.15) is 0 Å². The van der Waals surface area contributed by atoms with Crippen LogP contribution in [0.2, 0.25) is 0 Å². The predicted octanol–water partition coefficient (Wildman–Crippen LogP) is 3.32. The van der Waals surface area contributed by atoms with Crippen molar-refractivity contribution < 1.29 is 13.9 Å². The maximum atomic E-state index is 13.4. The Balaban J connectivity index is 1.89. The molecule has 1 N–H and O–H groups in total. The lowest BCUT2D eigenvalue weighted by atomic mass is 9.92. The molecule has 21 heavy (non-hydrogen) atoms. The van der Waals surface area contributed by atoms with Crippen LogP contribution in [0.25, 0.3) is 0 Å². The Morgan fingerprint density at radius 2 is 1.81 bits per heavy atom. The van der Waals surface area contributed by atoms with E-state index in [0.717, 1.165) is 19.0 Å². The normalized spacial score (nSPS) is 21.8. The van der Waals surface area contributed by atoms with Crippen LogP contribution < -0.4 is 4.90 Å². The van der Waals surface area contributed by atoms with Crippen molar-refractivity contribution in [2.75, 3.05) is 18.1 Å². The molecule has 0 saturated carbocycles. The first-order valence-corrected chi connectivity index (χ1v) is 7.08. The number of nitrogens with zero attached hydrogens (tertiary/aromatic N) is 1. The molecular weight excluding hydrogens is 272 g/mol. The molecule has 2 aromatic rings. The van der Waals surface area contributed by atoms with Gasteiger partial charge < -0.3 is 10.0 Å². The first kappa shape index (κ1) is 14.0. The third kappa shape index (κ3) is 2.63. The minimum atomic E-state index is -0.854. The van der Waals surface area contributed by atoms with Crippen molar-refractivity contribution >= 4 is 5.69 Å². The maximum Gasteiger partial charge on any atom is 0.160 e. The van der Waals surface area contributed by atoms with Crippen LogP contribution in [0, 0.1) is 11.6 Å². The molecule has 1 saturated heterocycles. The van der Waals surface area contributed by atoms with Crippen molar-refractivity contribution in [3.05, 3.63) is 65.7 Å². The highest BCUT2D eigenvalue weighted by atomic mass is 19.2. The van der Waals surface area contributed by atoms with E-state index >= 15 is 0 Å². The molecule has 0 amide bonds. The largest absolute Gasteiger partial charge is 0.394 e. The van der Waals surface area contributed by atoms with Crippen LogP contribution in [0.5, 0.6) is 0 Å². The summed E-state index contributed by atoms with van der Waals surface area (Å²) in [7, 11) is 0. The Kier molecular flexibility index (Phi) is 3.88. The molecule has 2 atom stereocenters. The molecule has 110 valence electrons. The lowest BCUT2D eigenvalue weighted by molar-refractivity contribution is 0.257. The summed E-state index contributed by atoms with van der Waals surface area (Å²) >= 11 is 0. The summed E-state index contributed by atoms with van der Waals surface area (Å²) in [5.41, 5.74) is 1.79. The molecule has 0 bridgehead atoms. The molecular formula is C17H17F2NO. The van der Waals surface area contributed by atoms with Crippen molar-refractivity contribution in [3.8, 4) is 0 Å². The molecule has 1 fully saturated rings. The molecule has 0 unspecified atom stereocenters. The van der Waals surface area contributed by atoms with Gasteiger partial charge in [-0.25, -0.2) is 8.78 Å². The quantitative estimate of drug-likeness (QED) is 0.937. The van der Waals surface area contributed by atoms with Gasteiger partial charge in [-0.3, -0.25) is 0 Å². The zero-order valence-corrected chi connectivity index (χ0v) is 11.5. The van der Waals surface area contributed by atoms with Gasteiger partial charge in [-0.1, -0.05) is 30.3 Å². The number of hydrogen-bond acceptors (Lipinski definition) is 2. The molecule has 1 aliphatic heterocycles. The minimum absolute atomic E-state index is 0.0153. The van der Waals surface area contributed by atoms with Gasteiger partial charge in [-0.05, 0) is 24.1 Å². The number of rotatable bonds is 3. The van der Waals surface area contributed by atoms with E-state index in [0.29, 0.717) is 5.69 Å². The standard InChI is InChI=1S/C17H17F2NO/c18-15-7-6-13(10-16(15)19)20-9-8-14(17(20)11-21)12-4-2-1-3-5-12/h1-7,10,14,17,21H,8-9,11H2/t14-,17-/m0/s1. The van der Waals surface area contributed by atoms with Crippen molar-refractivity contribution in [1.29, 1.82) is 0 Å². The highest BCUT2D eigenvalue weighted by Crippen LogP contribution is 2.36. The summed E-state index contributed by atoms with van der Waals surface area (Å²) in [5, 5.41) is 9.74. The van der Waals surface area contributed by atoms with Crippen LogP contribution in [0.4, 0.5) is 14.5 Å². The molecule has 4 heteroatoms. The first-order valence-electron chi connectivity index (χ1n) is 7.08. The zero-order valence-electron chi connectivity index (χ0n) is 11.5. The number of anilines is 1. The van der Waals surface area contributed by atoms with Crippen LogP contribution in [0.1, 0.15) is 17.9 Å². The Hall–Kier alpha value is -1.94. The first-order chi connectivity index (χ1) is 10.2. The van der Waals surface area contributed by atoms with Crippen LogP contribution in [0.15, 0.2) is 48.5 Å². The van der Waals surface area contributed by atoms with Crippen LogP contribution in [-0.2, 0) is 0 Å². The van der Waals surface area contributed by atoms with Gasteiger partial charge in [0.05, 0.1) is 12.6 Å². The Morgan fingerprint density at radius 1 is 1.05 bits per heavy atom. The average molecular weight is 289 g/mol. The van der Waals surface area contributed by atoms with Crippen molar-refractivity contribution in [1.82, 2.24) is 0 Å². The van der Waals surface area contributed by atoms with Crippen LogP contribution >= 0.6 is 0 Å². The second kappa shape index (κ2) is 5.82. The van der Waals surface area contributed by atoms with Gasteiger partial charge in [0.2, 0.25) is 0 Å². The number of aliphatic hydroxyl groups excluding tert-OH is 1. The summed E-state index contributed by atoms with van der Waals surface area (Å²) in [6.45, 7) is 0.703. The number of hydrogen-bond donors (Lipinski definition) is 1. The second-order valence-electron chi connectivity index (χ2n) is 5.35. The van der Waals surface area contributed by atoms with Gasteiger partial charge >= 0.3 is 0 Å². The number of benzene rings is 2. The smallest absolute Gasteiger partial charge is 0.160 e. The molecule has 1 heterocycles. The summed E-state index contributed by atoms with van der Waals surface area (Å²) < 4.78 is 26.5. The number of halogens is 2. The monoisotopic (exact) mass is 289 g/mol. The molecule has 2 aromatic carbocycles. The SMILES string of the molecule is OC[C@H]1[C@H](c2ccccc2)CCN1c1ccc(F)c(F)c1. The van der Waals surface area contributed by atoms with Crippen LogP contribution in [0.3, 0.4) is 0 Å². The highest BCUT2D eigenvalue weighted by molar-refractivity contribution is 5.50. The highest BCUT2D eigenvalue weighted by Gasteiger charge is 2.34. The molecule has 0 radical (unpaired) electrons. The van der Waals surface area contributed by atoms with E-state index in [4.69, 9.17) is 0 Å². The number of aliphatic hydroxyl groups is 1.